The quantitative estimate of drug-likeness (QED) is 0.906. The molecular formula is C15H16N2OS. The lowest BCUT2D eigenvalue weighted by Gasteiger charge is -2.05. The van der Waals surface area contributed by atoms with Gasteiger partial charge in [0, 0.05) is 30.3 Å². The monoisotopic (exact) mass is 272 g/mol. The summed E-state index contributed by atoms with van der Waals surface area (Å²) in [7, 11) is 0. The summed E-state index contributed by atoms with van der Waals surface area (Å²) in [6.07, 6.45) is 1.81. The summed E-state index contributed by atoms with van der Waals surface area (Å²) in [6.45, 7) is 1.52. The van der Waals surface area contributed by atoms with Gasteiger partial charge in [0.05, 0.1) is 5.69 Å². The molecule has 0 aliphatic heterocycles. The number of anilines is 1. The highest BCUT2D eigenvalue weighted by Gasteiger charge is 1.99. The number of thioether (sulfide) groups is 1. The van der Waals surface area contributed by atoms with Crippen LogP contribution in [0.25, 0.3) is 0 Å². The molecule has 0 saturated carbocycles. The lowest BCUT2D eigenvalue weighted by atomic mass is 10.2. The molecule has 0 saturated heterocycles. The SMILES string of the molecule is CC(=O)Nc1cccc(CSCc2ccccn2)c1. The second kappa shape index (κ2) is 6.95. The van der Waals surface area contributed by atoms with Gasteiger partial charge in [0.1, 0.15) is 0 Å². The molecule has 1 N–H and O–H groups in total. The Hall–Kier alpha value is -1.81. The number of hydrogen-bond acceptors (Lipinski definition) is 3. The molecule has 2 aromatic rings. The Morgan fingerprint density at radius 3 is 2.84 bits per heavy atom. The molecule has 1 heterocycles. The van der Waals surface area contributed by atoms with E-state index in [0.29, 0.717) is 0 Å². The van der Waals surface area contributed by atoms with Gasteiger partial charge in [-0.05, 0) is 29.8 Å². The number of nitrogens with zero attached hydrogens (tertiary/aromatic N) is 1. The van der Waals surface area contributed by atoms with E-state index in [-0.39, 0.29) is 5.91 Å². The summed E-state index contributed by atoms with van der Waals surface area (Å²) < 4.78 is 0. The molecule has 1 amide bonds. The van der Waals surface area contributed by atoms with Crippen molar-refractivity contribution >= 4 is 23.4 Å². The van der Waals surface area contributed by atoms with E-state index in [2.05, 4.69) is 16.4 Å². The first-order valence-electron chi connectivity index (χ1n) is 6.08. The van der Waals surface area contributed by atoms with Gasteiger partial charge in [-0.2, -0.15) is 11.8 Å². The molecule has 98 valence electrons. The minimum Gasteiger partial charge on any atom is -0.326 e. The predicted molar refractivity (Wildman–Crippen MR) is 80.0 cm³/mol. The molecule has 0 bridgehead atoms. The van der Waals surface area contributed by atoms with Crippen LogP contribution in [0.15, 0.2) is 48.7 Å². The molecule has 0 spiro atoms. The number of hydrogen-bond donors (Lipinski definition) is 1. The molecular weight excluding hydrogens is 256 g/mol. The Morgan fingerprint density at radius 2 is 2.11 bits per heavy atom. The molecule has 19 heavy (non-hydrogen) atoms. The van der Waals surface area contributed by atoms with Crippen LogP contribution in [0.1, 0.15) is 18.2 Å². The Bertz CT molecular complexity index is 543. The fourth-order valence-corrected chi connectivity index (χ4v) is 2.60. The first kappa shape index (κ1) is 13.6. The van der Waals surface area contributed by atoms with E-state index in [1.165, 1.54) is 12.5 Å². The number of carbonyl (C=O) groups excluding carboxylic acids is 1. The fraction of sp³-hybridized carbons (Fsp3) is 0.200. The van der Waals surface area contributed by atoms with Gasteiger partial charge < -0.3 is 5.32 Å². The molecule has 1 aromatic carbocycles. The molecule has 0 aliphatic rings. The first-order chi connectivity index (χ1) is 9.24. The van der Waals surface area contributed by atoms with Crippen molar-refractivity contribution < 1.29 is 4.79 Å². The van der Waals surface area contributed by atoms with Crippen LogP contribution in [0.2, 0.25) is 0 Å². The molecule has 0 aliphatic carbocycles. The Kier molecular flexibility index (Phi) is 4.98. The van der Waals surface area contributed by atoms with Crippen LogP contribution in [0.5, 0.6) is 0 Å². The molecule has 4 heteroatoms. The molecule has 2 rings (SSSR count). The summed E-state index contributed by atoms with van der Waals surface area (Å²) in [6, 6.07) is 13.9. The zero-order valence-corrected chi connectivity index (χ0v) is 11.6. The number of pyridine rings is 1. The van der Waals surface area contributed by atoms with Gasteiger partial charge in [-0.3, -0.25) is 9.78 Å². The minimum absolute atomic E-state index is 0.0433. The smallest absolute Gasteiger partial charge is 0.221 e. The van der Waals surface area contributed by atoms with Gasteiger partial charge in [0.2, 0.25) is 5.91 Å². The van der Waals surface area contributed by atoms with Gasteiger partial charge >= 0.3 is 0 Å². The molecule has 0 unspecified atom stereocenters. The van der Waals surface area contributed by atoms with Crippen molar-refractivity contribution in [2.24, 2.45) is 0 Å². The normalized spacial score (nSPS) is 10.2. The molecule has 3 nitrogen and oxygen atoms in total. The van der Waals surface area contributed by atoms with Crippen LogP contribution in [0, 0.1) is 0 Å². The van der Waals surface area contributed by atoms with Crippen molar-refractivity contribution in [2.45, 2.75) is 18.4 Å². The number of carbonyl (C=O) groups is 1. The van der Waals surface area contributed by atoms with Crippen LogP contribution >= 0.6 is 11.8 Å². The summed E-state index contributed by atoms with van der Waals surface area (Å²) in [4.78, 5) is 15.3. The standard InChI is InChI=1S/C15H16N2OS/c1-12(18)17-14-7-4-5-13(9-14)10-19-11-15-6-2-3-8-16-15/h2-9H,10-11H2,1H3,(H,17,18). The summed E-state index contributed by atoms with van der Waals surface area (Å²) >= 11 is 1.81. The van der Waals surface area contributed by atoms with E-state index in [4.69, 9.17) is 0 Å². The Labute approximate surface area is 117 Å². The van der Waals surface area contributed by atoms with Crippen molar-refractivity contribution in [3.05, 3.63) is 59.9 Å². The topological polar surface area (TPSA) is 42.0 Å². The van der Waals surface area contributed by atoms with Gasteiger partial charge in [0.15, 0.2) is 0 Å². The minimum atomic E-state index is -0.0433. The molecule has 1 aromatic heterocycles. The second-order valence-electron chi connectivity index (χ2n) is 4.20. The number of amides is 1. The predicted octanol–water partition coefficient (Wildman–Crippen LogP) is 3.47. The van der Waals surface area contributed by atoms with Crippen molar-refractivity contribution in [3.8, 4) is 0 Å². The second-order valence-corrected chi connectivity index (χ2v) is 5.18. The van der Waals surface area contributed by atoms with E-state index < -0.39 is 0 Å². The van der Waals surface area contributed by atoms with E-state index in [9.17, 15) is 4.79 Å². The third-order valence-corrected chi connectivity index (χ3v) is 3.53. The Morgan fingerprint density at radius 1 is 1.21 bits per heavy atom. The zero-order valence-electron chi connectivity index (χ0n) is 10.8. The van der Waals surface area contributed by atoms with Gasteiger partial charge in [0.25, 0.3) is 0 Å². The van der Waals surface area contributed by atoms with E-state index in [0.717, 1.165) is 22.9 Å². The average Bonchev–Trinajstić information content (AvgIpc) is 2.40. The van der Waals surface area contributed by atoms with Crippen LogP contribution in [0.4, 0.5) is 5.69 Å². The van der Waals surface area contributed by atoms with Crippen molar-refractivity contribution in [2.75, 3.05) is 5.32 Å². The molecule has 0 fully saturated rings. The van der Waals surface area contributed by atoms with Crippen LogP contribution in [0.3, 0.4) is 0 Å². The molecule has 0 atom stereocenters. The van der Waals surface area contributed by atoms with E-state index in [1.807, 2.05) is 54.4 Å². The van der Waals surface area contributed by atoms with Crippen molar-refractivity contribution in [1.29, 1.82) is 0 Å². The maximum absolute atomic E-state index is 11.0. The highest BCUT2D eigenvalue weighted by molar-refractivity contribution is 7.97. The lowest BCUT2D eigenvalue weighted by molar-refractivity contribution is -0.114. The summed E-state index contributed by atoms with van der Waals surface area (Å²) in [5.41, 5.74) is 3.14. The zero-order chi connectivity index (χ0) is 13.5. The van der Waals surface area contributed by atoms with E-state index in [1.54, 1.807) is 0 Å². The van der Waals surface area contributed by atoms with Crippen molar-refractivity contribution in [3.63, 3.8) is 0 Å². The largest absolute Gasteiger partial charge is 0.326 e. The summed E-state index contributed by atoms with van der Waals surface area (Å²) in [5, 5.41) is 2.79. The maximum atomic E-state index is 11.0. The number of nitrogens with one attached hydrogen (secondary N) is 1. The third-order valence-electron chi connectivity index (χ3n) is 2.49. The number of benzene rings is 1. The van der Waals surface area contributed by atoms with Gasteiger partial charge in [-0.15, -0.1) is 0 Å². The lowest BCUT2D eigenvalue weighted by Crippen LogP contribution is -2.05. The maximum Gasteiger partial charge on any atom is 0.221 e. The Balaban J connectivity index is 1.87. The van der Waals surface area contributed by atoms with Crippen molar-refractivity contribution in [1.82, 2.24) is 4.98 Å². The van der Waals surface area contributed by atoms with Crippen LogP contribution in [-0.2, 0) is 16.3 Å². The van der Waals surface area contributed by atoms with E-state index >= 15 is 0 Å². The highest BCUT2D eigenvalue weighted by Crippen LogP contribution is 2.19. The van der Waals surface area contributed by atoms with Gasteiger partial charge in [-0.1, -0.05) is 18.2 Å². The average molecular weight is 272 g/mol. The molecule has 0 radical (unpaired) electrons. The summed E-state index contributed by atoms with van der Waals surface area (Å²) in [5.74, 6) is 1.76. The third kappa shape index (κ3) is 4.75. The number of rotatable bonds is 5. The fourth-order valence-electron chi connectivity index (χ4n) is 1.70. The van der Waals surface area contributed by atoms with Gasteiger partial charge in [-0.25, -0.2) is 0 Å². The first-order valence-corrected chi connectivity index (χ1v) is 7.24. The highest BCUT2D eigenvalue weighted by atomic mass is 32.2. The number of aromatic nitrogens is 1. The van der Waals surface area contributed by atoms with Crippen LogP contribution in [-0.4, -0.2) is 10.9 Å². The van der Waals surface area contributed by atoms with Crippen LogP contribution < -0.4 is 5.32 Å².